The third-order valence-corrected chi connectivity index (χ3v) is 11.5. The van der Waals surface area contributed by atoms with Crippen molar-refractivity contribution in [3.63, 3.8) is 0 Å². The van der Waals surface area contributed by atoms with Crippen molar-refractivity contribution < 1.29 is 28.6 Å². The van der Waals surface area contributed by atoms with E-state index in [9.17, 15) is 14.4 Å². The van der Waals surface area contributed by atoms with Crippen LogP contribution in [0.4, 0.5) is 0 Å². The third kappa shape index (κ3) is 53.0. The zero-order chi connectivity index (χ0) is 49.3. The van der Waals surface area contributed by atoms with Crippen molar-refractivity contribution in [2.75, 3.05) is 13.2 Å². The number of carbonyl (C=O) groups excluding carboxylic acids is 3. The Hall–Kier alpha value is -3.93. The summed E-state index contributed by atoms with van der Waals surface area (Å²) in [6.07, 6.45) is 75.2. The van der Waals surface area contributed by atoms with E-state index < -0.39 is 6.10 Å². The highest BCUT2D eigenvalue weighted by Crippen LogP contribution is 2.15. The van der Waals surface area contributed by atoms with Gasteiger partial charge in [0.1, 0.15) is 13.2 Å². The van der Waals surface area contributed by atoms with Gasteiger partial charge in [0.25, 0.3) is 0 Å². The molecule has 0 aliphatic carbocycles. The first-order valence-electron chi connectivity index (χ1n) is 27.9. The van der Waals surface area contributed by atoms with Crippen molar-refractivity contribution >= 4 is 17.9 Å². The lowest BCUT2D eigenvalue weighted by molar-refractivity contribution is -0.166. The Morgan fingerprint density at radius 1 is 0.309 bits per heavy atom. The second-order valence-electron chi connectivity index (χ2n) is 18.1. The Labute approximate surface area is 419 Å². The van der Waals surface area contributed by atoms with E-state index in [-0.39, 0.29) is 44.0 Å². The Morgan fingerprint density at radius 2 is 0.618 bits per heavy atom. The van der Waals surface area contributed by atoms with Gasteiger partial charge in [-0.2, -0.15) is 0 Å². The summed E-state index contributed by atoms with van der Waals surface area (Å²) in [4.78, 5) is 38.1. The minimum atomic E-state index is -0.830. The Morgan fingerprint density at radius 3 is 1.03 bits per heavy atom. The molecule has 0 bridgehead atoms. The largest absolute Gasteiger partial charge is 0.462 e. The number of esters is 3. The van der Waals surface area contributed by atoms with E-state index in [1.165, 1.54) is 116 Å². The normalized spacial score (nSPS) is 12.9. The molecule has 68 heavy (non-hydrogen) atoms. The number of allylic oxidation sites excluding steroid dienone is 18. The van der Waals surface area contributed by atoms with Gasteiger partial charge < -0.3 is 14.2 Å². The molecule has 0 saturated carbocycles. The van der Waals surface area contributed by atoms with Gasteiger partial charge in [0.05, 0.1) is 0 Å². The summed E-state index contributed by atoms with van der Waals surface area (Å²) < 4.78 is 16.7. The van der Waals surface area contributed by atoms with Crippen LogP contribution in [-0.4, -0.2) is 37.2 Å². The highest BCUT2D eigenvalue weighted by molar-refractivity contribution is 5.71. The molecule has 0 aromatic heterocycles. The second-order valence-corrected chi connectivity index (χ2v) is 18.1. The lowest BCUT2D eigenvalue weighted by Crippen LogP contribution is -2.30. The molecular weight excluding hydrogens is 841 g/mol. The maximum Gasteiger partial charge on any atom is 0.306 e. The maximum atomic E-state index is 12.8. The highest BCUT2D eigenvalue weighted by Gasteiger charge is 2.19. The zero-order valence-corrected chi connectivity index (χ0v) is 44.1. The van der Waals surface area contributed by atoms with E-state index in [0.717, 1.165) is 77.0 Å². The summed E-state index contributed by atoms with van der Waals surface area (Å²) in [5.74, 6) is -1.06. The van der Waals surface area contributed by atoms with E-state index in [2.05, 4.69) is 118 Å². The molecule has 0 N–H and O–H groups in total. The summed E-state index contributed by atoms with van der Waals surface area (Å²) >= 11 is 0. The Kier molecular flexibility index (Phi) is 52.4. The molecule has 0 spiro atoms. The van der Waals surface area contributed by atoms with Crippen LogP contribution < -0.4 is 0 Å². The van der Waals surface area contributed by atoms with Gasteiger partial charge in [-0.05, 0) is 89.9 Å². The minimum Gasteiger partial charge on any atom is -0.462 e. The Balaban J connectivity index is 4.56. The number of rotatable bonds is 49. The average Bonchev–Trinajstić information content (AvgIpc) is 3.34. The SMILES string of the molecule is CC/C=C\C/C=C\C/C=C\C/C=C\C/C=C\CCC(=O)OCC(COC(=O)CCC/C=C\C/C=C\C/C=C\C/C=C\CCCCC)OC(=O)CCCCCCCCCCCCCCCCCCC. The van der Waals surface area contributed by atoms with Gasteiger partial charge >= 0.3 is 17.9 Å². The van der Waals surface area contributed by atoms with E-state index in [1.807, 2.05) is 12.2 Å². The van der Waals surface area contributed by atoms with Crippen molar-refractivity contribution in [3.05, 3.63) is 109 Å². The van der Waals surface area contributed by atoms with Gasteiger partial charge in [-0.1, -0.05) is 246 Å². The van der Waals surface area contributed by atoms with Crippen LogP contribution in [0.15, 0.2) is 109 Å². The molecule has 386 valence electrons. The molecular formula is C62H102O6. The Bertz CT molecular complexity index is 1410. The fourth-order valence-corrected chi connectivity index (χ4v) is 7.37. The van der Waals surface area contributed by atoms with Crippen molar-refractivity contribution in [1.29, 1.82) is 0 Å². The van der Waals surface area contributed by atoms with Gasteiger partial charge in [-0.25, -0.2) is 0 Å². The molecule has 0 saturated heterocycles. The topological polar surface area (TPSA) is 78.9 Å². The fourth-order valence-electron chi connectivity index (χ4n) is 7.37. The quantitative estimate of drug-likeness (QED) is 0.0262. The predicted octanol–water partition coefficient (Wildman–Crippen LogP) is 18.7. The van der Waals surface area contributed by atoms with Crippen LogP contribution in [0.1, 0.15) is 245 Å². The third-order valence-electron chi connectivity index (χ3n) is 11.5. The zero-order valence-electron chi connectivity index (χ0n) is 44.1. The van der Waals surface area contributed by atoms with Crippen molar-refractivity contribution in [2.45, 2.75) is 252 Å². The number of hydrogen-bond acceptors (Lipinski definition) is 6. The van der Waals surface area contributed by atoms with Gasteiger partial charge in [0.2, 0.25) is 0 Å². The minimum absolute atomic E-state index is 0.129. The summed E-state index contributed by atoms with van der Waals surface area (Å²) in [7, 11) is 0. The average molecular weight is 943 g/mol. The summed E-state index contributed by atoms with van der Waals surface area (Å²) in [6, 6.07) is 0. The van der Waals surface area contributed by atoms with Crippen molar-refractivity contribution in [1.82, 2.24) is 0 Å². The van der Waals surface area contributed by atoms with Crippen LogP contribution in [-0.2, 0) is 28.6 Å². The molecule has 1 unspecified atom stereocenters. The lowest BCUT2D eigenvalue weighted by Gasteiger charge is -2.18. The molecule has 0 heterocycles. The standard InChI is InChI=1S/C62H102O6/c1-4-7-10-13-16-19-22-25-28-31-34-37-40-43-46-49-52-55-61(64)67-58-59(57-66-60(63)54-51-48-45-42-39-36-33-30-27-24-21-18-15-12-9-6-3)68-62(65)56-53-50-47-44-41-38-35-32-29-26-23-20-17-14-11-8-5-2/h9,12,16,18-19,21,25,27-28,30,34,36-37,39,43,45-46,48,59H,4-8,10-11,13-15,17,20,22-24,26,29,31-33,35,38,40-42,44,47,49-58H2,1-3H3/b12-9-,19-16-,21-18-,28-25-,30-27-,37-34-,39-36-,46-43-,48-45-. The molecule has 0 rings (SSSR count). The first-order valence-corrected chi connectivity index (χ1v) is 27.9. The smallest absolute Gasteiger partial charge is 0.306 e. The molecule has 0 aliphatic heterocycles. The van der Waals surface area contributed by atoms with E-state index in [1.54, 1.807) is 0 Å². The highest BCUT2D eigenvalue weighted by atomic mass is 16.6. The van der Waals surface area contributed by atoms with Crippen LogP contribution in [0.25, 0.3) is 0 Å². The van der Waals surface area contributed by atoms with E-state index >= 15 is 0 Å². The fraction of sp³-hybridized carbons (Fsp3) is 0.661. The predicted molar refractivity (Wildman–Crippen MR) is 293 cm³/mol. The van der Waals surface area contributed by atoms with Gasteiger partial charge in [-0.15, -0.1) is 0 Å². The molecule has 0 fully saturated rings. The molecule has 0 aromatic rings. The molecule has 0 aromatic carbocycles. The van der Waals surface area contributed by atoms with Crippen LogP contribution >= 0.6 is 0 Å². The van der Waals surface area contributed by atoms with E-state index in [4.69, 9.17) is 14.2 Å². The number of unbranched alkanes of at least 4 members (excludes halogenated alkanes) is 20. The van der Waals surface area contributed by atoms with Gasteiger partial charge in [0, 0.05) is 19.3 Å². The van der Waals surface area contributed by atoms with Gasteiger partial charge in [-0.3, -0.25) is 14.4 Å². The molecule has 6 heteroatoms. The van der Waals surface area contributed by atoms with Crippen LogP contribution in [0.2, 0.25) is 0 Å². The molecule has 0 amide bonds. The van der Waals surface area contributed by atoms with Crippen molar-refractivity contribution in [3.8, 4) is 0 Å². The van der Waals surface area contributed by atoms with Crippen LogP contribution in [0.3, 0.4) is 0 Å². The van der Waals surface area contributed by atoms with Crippen LogP contribution in [0, 0.1) is 0 Å². The summed E-state index contributed by atoms with van der Waals surface area (Å²) in [5, 5.41) is 0. The number of carbonyl (C=O) groups is 3. The summed E-state index contributed by atoms with van der Waals surface area (Å²) in [6.45, 7) is 6.39. The second kappa shape index (κ2) is 55.7. The number of hydrogen-bond donors (Lipinski definition) is 0. The van der Waals surface area contributed by atoms with Crippen LogP contribution in [0.5, 0.6) is 0 Å². The first kappa shape index (κ1) is 64.1. The maximum absolute atomic E-state index is 12.8. The number of ether oxygens (including phenoxy) is 3. The van der Waals surface area contributed by atoms with Gasteiger partial charge in [0.15, 0.2) is 6.10 Å². The van der Waals surface area contributed by atoms with Crippen molar-refractivity contribution in [2.24, 2.45) is 0 Å². The first-order chi connectivity index (χ1) is 33.5. The monoisotopic (exact) mass is 943 g/mol. The molecule has 0 aliphatic rings. The molecule has 1 atom stereocenters. The molecule has 6 nitrogen and oxygen atoms in total. The van der Waals surface area contributed by atoms with E-state index in [0.29, 0.717) is 19.3 Å². The lowest BCUT2D eigenvalue weighted by atomic mass is 10.0. The summed E-state index contributed by atoms with van der Waals surface area (Å²) in [5.41, 5.74) is 0. The molecule has 0 radical (unpaired) electrons.